The molecule has 0 saturated carbocycles. The van der Waals surface area contributed by atoms with Crippen LogP contribution in [0.1, 0.15) is 49.5 Å². The highest BCUT2D eigenvalue weighted by atomic mass is 16.5. The molecular weight excluding hydrogens is 480 g/mol. The third kappa shape index (κ3) is 6.93. The standard InChI is InChI=1S/C29H36N6O3/c1-20(2)35-29-25(18-33-35)27(32-13-5-4-11-28(37)22-9-7-12-31-16-22)15-26(34-29)21-8-6-10-24(14-21)38-19-23(36)17-30-3/h6-10,12,14-16,18,20,23,30,36H,4-5,11,13,17,19H2,1-3H3,(H,32,34). The minimum atomic E-state index is -0.589. The largest absolute Gasteiger partial charge is 0.491 e. The Balaban J connectivity index is 1.48. The SMILES string of the molecule is CNCC(O)COc1cccc(-c2cc(NCCCCC(=O)c3cccnc3)c3cnn(C(C)C)c3n2)c1. The molecule has 0 aliphatic rings. The number of aliphatic hydroxyl groups is 1. The molecule has 9 nitrogen and oxygen atoms in total. The first-order chi connectivity index (χ1) is 18.5. The van der Waals surface area contributed by atoms with Gasteiger partial charge >= 0.3 is 0 Å². The molecule has 3 heterocycles. The molecule has 4 aromatic rings. The Morgan fingerprint density at radius 2 is 2.00 bits per heavy atom. The van der Waals surface area contributed by atoms with Crippen LogP contribution in [0.25, 0.3) is 22.3 Å². The molecule has 0 aliphatic heterocycles. The van der Waals surface area contributed by atoms with Gasteiger partial charge in [-0.05, 0) is 64.1 Å². The second-order valence-corrected chi connectivity index (χ2v) is 9.57. The van der Waals surface area contributed by atoms with Gasteiger partial charge in [0.25, 0.3) is 0 Å². The van der Waals surface area contributed by atoms with E-state index in [1.165, 1.54) is 0 Å². The van der Waals surface area contributed by atoms with Gasteiger partial charge in [-0.1, -0.05) is 12.1 Å². The van der Waals surface area contributed by atoms with E-state index in [1.54, 1.807) is 31.6 Å². The number of carbonyl (C=O) groups is 1. The lowest BCUT2D eigenvalue weighted by atomic mass is 10.1. The van der Waals surface area contributed by atoms with Gasteiger partial charge in [-0.2, -0.15) is 5.10 Å². The van der Waals surface area contributed by atoms with Crippen molar-refractivity contribution in [1.29, 1.82) is 0 Å². The number of pyridine rings is 2. The van der Waals surface area contributed by atoms with Crippen LogP contribution < -0.4 is 15.4 Å². The summed E-state index contributed by atoms with van der Waals surface area (Å²) in [5, 5.41) is 22.0. The molecule has 3 aromatic heterocycles. The summed E-state index contributed by atoms with van der Waals surface area (Å²) in [5.74, 6) is 0.787. The predicted molar refractivity (Wildman–Crippen MR) is 150 cm³/mol. The number of hydrogen-bond acceptors (Lipinski definition) is 8. The number of carbonyl (C=O) groups excluding carboxylic acids is 1. The molecular formula is C29H36N6O3. The van der Waals surface area contributed by atoms with Crippen LogP contribution in [-0.2, 0) is 0 Å². The fraction of sp³-hybridized carbons (Fsp3) is 0.379. The van der Waals surface area contributed by atoms with Crippen LogP contribution in [0.5, 0.6) is 5.75 Å². The van der Waals surface area contributed by atoms with E-state index in [-0.39, 0.29) is 18.4 Å². The Hall–Kier alpha value is -3.82. The number of aliphatic hydroxyl groups excluding tert-OH is 1. The fourth-order valence-electron chi connectivity index (χ4n) is 4.23. The molecule has 1 aromatic carbocycles. The van der Waals surface area contributed by atoms with Crippen LogP contribution >= 0.6 is 0 Å². The van der Waals surface area contributed by atoms with E-state index < -0.39 is 6.10 Å². The van der Waals surface area contributed by atoms with Crippen LogP contribution in [0.2, 0.25) is 0 Å². The number of Topliss-reactive ketones (excluding diaryl/α,β-unsaturated/α-hetero) is 1. The normalized spacial score (nSPS) is 12.1. The highest BCUT2D eigenvalue weighted by Crippen LogP contribution is 2.31. The van der Waals surface area contributed by atoms with Crippen LogP contribution in [0.4, 0.5) is 5.69 Å². The minimum Gasteiger partial charge on any atom is -0.491 e. The third-order valence-electron chi connectivity index (χ3n) is 6.20. The van der Waals surface area contributed by atoms with E-state index in [4.69, 9.17) is 9.72 Å². The van der Waals surface area contributed by atoms with E-state index in [2.05, 4.69) is 34.6 Å². The number of nitrogens with zero attached hydrogens (tertiary/aromatic N) is 4. The molecule has 0 amide bonds. The van der Waals surface area contributed by atoms with E-state index >= 15 is 0 Å². The molecule has 0 aliphatic carbocycles. The number of unbranched alkanes of at least 4 members (excludes halogenated alkanes) is 1. The zero-order chi connectivity index (χ0) is 26.9. The number of ether oxygens (including phenoxy) is 1. The summed E-state index contributed by atoms with van der Waals surface area (Å²) in [6.07, 6.45) is 6.67. The lowest BCUT2D eigenvalue weighted by Gasteiger charge is -2.14. The second-order valence-electron chi connectivity index (χ2n) is 9.57. The van der Waals surface area contributed by atoms with Gasteiger partial charge in [-0.15, -0.1) is 0 Å². The Kier molecular flexibility index (Phi) is 9.40. The Bertz CT molecular complexity index is 1340. The summed E-state index contributed by atoms with van der Waals surface area (Å²) in [4.78, 5) is 21.3. The molecule has 38 heavy (non-hydrogen) atoms. The number of rotatable bonds is 14. The first-order valence-corrected chi connectivity index (χ1v) is 13.1. The molecule has 0 bridgehead atoms. The summed E-state index contributed by atoms with van der Waals surface area (Å²) in [6, 6.07) is 13.5. The Morgan fingerprint density at radius 3 is 2.76 bits per heavy atom. The molecule has 1 atom stereocenters. The van der Waals surface area contributed by atoms with Crippen LogP contribution in [0, 0.1) is 0 Å². The van der Waals surface area contributed by atoms with E-state index in [0.717, 1.165) is 47.4 Å². The lowest BCUT2D eigenvalue weighted by Crippen LogP contribution is -2.29. The van der Waals surface area contributed by atoms with Crippen LogP contribution in [-0.4, -0.2) is 63.5 Å². The van der Waals surface area contributed by atoms with Gasteiger partial charge in [0.15, 0.2) is 11.4 Å². The van der Waals surface area contributed by atoms with Gasteiger partial charge in [0, 0.05) is 54.8 Å². The number of hydrogen-bond donors (Lipinski definition) is 3. The quantitative estimate of drug-likeness (QED) is 0.166. The van der Waals surface area contributed by atoms with Crippen molar-refractivity contribution in [3.63, 3.8) is 0 Å². The van der Waals surface area contributed by atoms with Crippen molar-refractivity contribution in [1.82, 2.24) is 25.1 Å². The molecule has 0 radical (unpaired) electrons. The van der Waals surface area contributed by atoms with Crippen molar-refractivity contribution in [2.45, 2.75) is 45.3 Å². The van der Waals surface area contributed by atoms with E-state index in [1.807, 2.05) is 41.2 Å². The van der Waals surface area contributed by atoms with E-state index in [9.17, 15) is 9.90 Å². The van der Waals surface area contributed by atoms with Crippen LogP contribution in [0.3, 0.4) is 0 Å². The van der Waals surface area contributed by atoms with E-state index in [0.29, 0.717) is 24.3 Å². The lowest BCUT2D eigenvalue weighted by molar-refractivity contribution is 0.0979. The van der Waals surface area contributed by atoms with Crippen LogP contribution in [0.15, 0.2) is 61.1 Å². The van der Waals surface area contributed by atoms with Crippen molar-refractivity contribution >= 4 is 22.5 Å². The zero-order valence-corrected chi connectivity index (χ0v) is 22.2. The van der Waals surface area contributed by atoms with Crippen molar-refractivity contribution in [3.05, 3.63) is 66.6 Å². The number of nitrogens with one attached hydrogen (secondary N) is 2. The number of benzene rings is 1. The minimum absolute atomic E-state index is 0.116. The highest BCUT2D eigenvalue weighted by molar-refractivity contribution is 5.95. The second kappa shape index (κ2) is 13.1. The maximum atomic E-state index is 12.4. The molecule has 9 heteroatoms. The van der Waals surface area contributed by atoms with Gasteiger partial charge in [0.1, 0.15) is 18.5 Å². The topological polar surface area (TPSA) is 114 Å². The third-order valence-corrected chi connectivity index (χ3v) is 6.20. The number of ketones is 1. The smallest absolute Gasteiger partial charge is 0.164 e. The number of fused-ring (bicyclic) bond motifs is 1. The number of anilines is 1. The Morgan fingerprint density at radius 1 is 1.13 bits per heavy atom. The van der Waals surface area contributed by atoms with Crippen molar-refractivity contribution < 1.29 is 14.6 Å². The molecule has 200 valence electrons. The molecule has 0 spiro atoms. The maximum Gasteiger partial charge on any atom is 0.164 e. The van der Waals surface area contributed by atoms with Gasteiger partial charge in [0.2, 0.25) is 0 Å². The summed E-state index contributed by atoms with van der Waals surface area (Å²) >= 11 is 0. The predicted octanol–water partition coefficient (Wildman–Crippen LogP) is 4.50. The van der Waals surface area contributed by atoms with Gasteiger partial charge in [-0.25, -0.2) is 9.67 Å². The first kappa shape index (κ1) is 27.2. The average molecular weight is 517 g/mol. The molecule has 0 saturated heterocycles. The maximum absolute atomic E-state index is 12.4. The summed E-state index contributed by atoms with van der Waals surface area (Å²) in [7, 11) is 1.79. The van der Waals surface area contributed by atoms with Crippen molar-refractivity contribution in [3.8, 4) is 17.0 Å². The monoisotopic (exact) mass is 516 g/mol. The zero-order valence-electron chi connectivity index (χ0n) is 22.2. The fourth-order valence-corrected chi connectivity index (χ4v) is 4.23. The number of likely N-dealkylation sites (N-methyl/N-ethyl adjacent to an activating group) is 1. The molecule has 1 unspecified atom stereocenters. The van der Waals surface area contributed by atoms with Gasteiger partial charge in [0.05, 0.1) is 17.3 Å². The molecule has 0 fully saturated rings. The van der Waals surface area contributed by atoms with Crippen molar-refractivity contribution in [2.75, 3.05) is 32.1 Å². The summed E-state index contributed by atoms with van der Waals surface area (Å²) in [6.45, 7) is 5.55. The summed E-state index contributed by atoms with van der Waals surface area (Å²) < 4.78 is 7.73. The van der Waals surface area contributed by atoms with Gasteiger partial charge < -0.3 is 20.5 Å². The molecule has 4 rings (SSSR count). The summed E-state index contributed by atoms with van der Waals surface area (Å²) in [5.41, 5.74) is 4.13. The number of aromatic nitrogens is 4. The Labute approximate surface area is 223 Å². The van der Waals surface area contributed by atoms with Crippen molar-refractivity contribution in [2.24, 2.45) is 0 Å². The first-order valence-electron chi connectivity index (χ1n) is 13.1. The molecule has 3 N–H and O–H groups in total. The average Bonchev–Trinajstić information content (AvgIpc) is 3.37. The van der Waals surface area contributed by atoms with Gasteiger partial charge in [-0.3, -0.25) is 9.78 Å². The highest BCUT2D eigenvalue weighted by Gasteiger charge is 2.15.